The minimum Gasteiger partial charge on any atom is -0.382 e. The largest absolute Gasteiger partial charge is 0.382 e. The smallest absolute Gasteiger partial charge is 0.0700 e. The molecular weight excluding hydrogens is 166 g/mol. The van der Waals surface area contributed by atoms with Crippen LogP contribution in [0.3, 0.4) is 0 Å². The Kier molecular flexibility index (Phi) is 7.99. The number of rotatable bonds is 8. The van der Waals surface area contributed by atoms with Crippen molar-refractivity contribution in [2.75, 3.05) is 26.9 Å². The Bertz CT molecular complexity index is 137. The highest BCUT2D eigenvalue weighted by molar-refractivity contribution is 4.91. The molecule has 0 aromatic carbocycles. The third-order valence-electron chi connectivity index (χ3n) is 1.68. The average Bonchev–Trinajstić information content (AvgIpc) is 2.02. The van der Waals surface area contributed by atoms with Gasteiger partial charge in [0.1, 0.15) is 0 Å². The van der Waals surface area contributed by atoms with E-state index in [0.29, 0.717) is 19.8 Å². The van der Waals surface area contributed by atoms with Crippen molar-refractivity contribution in [3.63, 3.8) is 0 Å². The molecule has 3 heteroatoms. The van der Waals surface area contributed by atoms with E-state index in [1.165, 1.54) is 0 Å². The number of ether oxygens (including phenoxy) is 2. The Hall–Kier alpha value is -0.380. The highest BCUT2D eigenvalue weighted by atomic mass is 16.5. The van der Waals surface area contributed by atoms with Crippen LogP contribution in [0.5, 0.6) is 0 Å². The first-order chi connectivity index (χ1) is 6.16. The van der Waals surface area contributed by atoms with Crippen molar-refractivity contribution in [3.8, 4) is 0 Å². The lowest BCUT2D eigenvalue weighted by molar-refractivity contribution is 0.0672. The van der Waals surface area contributed by atoms with E-state index in [1.807, 2.05) is 6.92 Å². The maximum absolute atomic E-state index is 5.82. The van der Waals surface area contributed by atoms with Crippen molar-refractivity contribution in [1.29, 1.82) is 0 Å². The van der Waals surface area contributed by atoms with Crippen molar-refractivity contribution in [1.82, 2.24) is 0 Å². The van der Waals surface area contributed by atoms with Crippen LogP contribution in [-0.2, 0) is 9.47 Å². The summed E-state index contributed by atoms with van der Waals surface area (Å²) in [6.45, 7) is 7.81. The molecule has 78 valence electrons. The fraction of sp³-hybridized carbons (Fsp3) is 0.800. The fourth-order valence-corrected chi connectivity index (χ4v) is 1.03. The third kappa shape index (κ3) is 9.53. The zero-order valence-electron chi connectivity index (χ0n) is 8.71. The van der Waals surface area contributed by atoms with Crippen LogP contribution in [0.2, 0.25) is 0 Å². The summed E-state index contributed by atoms with van der Waals surface area (Å²) in [6.07, 6.45) is 1.77. The first-order valence-electron chi connectivity index (χ1n) is 4.63. The molecule has 0 aliphatic carbocycles. The molecule has 0 spiro atoms. The maximum atomic E-state index is 5.82. The number of nitrogens with two attached hydrogens (primary N) is 1. The van der Waals surface area contributed by atoms with Gasteiger partial charge in [-0.25, -0.2) is 0 Å². The van der Waals surface area contributed by atoms with Crippen LogP contribution in [0.1, 0.15) is 19.8 Å². The molecule has 1 unspecified atom stereocenters. The average molecular weight is 187 g/mol. The summed E-state index contributed by atoms with van der Waals surface area (Å²) in [7, 11) is 1.66. The fourth-order valence-electron chi connectivity index (χ4n) is 1.03. The van der Waals surface area contributed by atoms with Crippen LogP contribution in [0.15, 0.2) is 12.2 Å². The van der Waals surface area contributed by atoms with E-state index in [1.54, 1.807) is 7.11 Å². The standard InChI is InChI=1S/C10H21NO2/c1-9(2)8-10(11)4-5-13-7-6-12-3/h10H,1,4-8,11H2,2-3H3. The van der Waals surface area contributed by atoms with E-state index in [9.17, 15) is 0 Å². The third-order valence-corrected chi connectivity index (χ3v) is 1.68. The summed E-state index contributed by atoms with van der Waals surface area (Å²) in [6, 6.07) is 0.181. The molecule has 13 heavy (non-hydrogen) atoms. The summed E-state index contributed by atoms with van der Waals surface area (Å²) in [4.78, 5) is 0. The highest BCUT2D eigenvalue weighted by Gasteiger charge is 2.01. The van der Waals surface area contributed by atoms with E-state index >= 15 is 0 Å². The zero-order valence-corrected chi connectivity index (χ0v) is 8.71. The second-order valence-corrected chi connectivity index (χ2v) is 3.32. The number of methoxy groups -OCH3 is 1. The second kappa shape index (κ2) is 8.23. The predicted octanol–water partition coefficient (Wildman–Crippen LogP) is 1.33. The van der Waals surface area contributed by atoms with E-state index in [2.05, 4.69) is 6.58 Å². The molecule has 0 rings (SSSR count). The van der Waals surface area contributed by atoms with Gasteiger partial charge in [-0.2, -0.15) is 0 Å². The molecule has 1 atom stereocenters. The van der Waals surface area contributed by atoms with Crippen LogP contribution in [0.25, 0.3) is 0 Å². The number of hydrogen-bond donors (Lipinski definition) is 1. The van der Waals surface area contributed by atoms with Crippen molar-refractivity contribution < 1.29 is 9.47 Å². The summed E-state index contributed by atoms with van der Waals surface area (Å²) < 4.78 is 10.1. The summed E-state index contributed by atoms with van der Waals surface area (Å²) in [5.41, 5.74) is 6.95. The van der Waals surface area contributed by atoms with Crippen molar-refractivity contribution in [2.45, 2.75) is 25.8 Å². The Morgan fingerprint density at radius 1 is 1.38 bits per heavy atom. The Morgan fingerprint density at radius 3 is 2.62 bits per heavy atom. The molecule has 0 bridgehead atoms. The minimum atomic E-state index is 0.181. The topological polar surface area (TPSA) is 44.5 Å². The first-order valence-corrected chi connectivity index (χ1v) is 4.63. The molecule has 0 aromatic rings. The predicted molar refractivity (Wildman–Crippen MR) is 54.7 cm³/mol. The lowest BCUT2D eigenvalue weighted by atomic mass is 10.1. The quantitative estimate of drug-likeness (QED) is 0.460. The van der Waals surface area contributed by atoms with Gasteiger partial charge < -0.3 is 15.2 Å². The van der Waals surface area contributed by atoms with Crippen molar-refractivity contribution in [3.05, 3.63) is 12.2 Å². The molecule has 0 aliphatic rings. The molecule has 2 N–H and O–H groups in total. The van der Waals surface area contributed by atoms with Gasteiger partial charge in [-0.3, -0.25) is 0 Å². The normalized spacial score (nSPS) is 12.8. The van der Waals surface area contributed by atoms with Gasteiger partial charge in [0.2, 0.25) is 0 Å². The molecule has 0 fully saturated rings. The van der Waals surface area contributed by atoms with Crippen LogP contribution < -0.4 is 5.73 Å². The molecule has 0 aromatic heterocycles. The molecule has 3 nitrogen and oxygen atoms in total. The van der Waals surface area contributed by atoms with E-state index in [4.69, 9.17) is 15.2 Å². The molecular formula is C10H21NO2. The molecule has 0 radical (unpaired) electrons. The SMILES string of the molecule is C=C(C)CC(N)CCOCCOC. The zero-order chi connectivity index (χ0) is 10.1. The molecule has 0 heterocycles. The monoisotopic (exact) mass is 187 g/mol. The van der Waals surface area contributed by atoms with Gasteiger partial charge in [-0.1, -0.05) is 5.57 Å². The van der Waals surface area contributed by atoms with E-state index in [0.717, 1.165) is 18.4 Å². The van der Waals surface area contributed by atoms with Gasteiger partial charge >= 0.3 is 0 Å². The number of hydrogen-bond acceptors (Lipinski definition) is 3. The Balaban J connectivity index is 3.17. The van der Waals surface area contributed by atoms with Crippen molar-refractivity contribution >= 4 is 0 Å². The first kappa shape index (κ1) is 12.6. The summed E-state index contributed by atoms with van der Waals surface area (Å²) in [5.74, 6) is 0. The van der Waals surface area contributed by atoms with Crippen LogP contribution >= 0.6 is 0 Å². The van der Waals surface area contributed by atoms with Gasteiger partial charge in [0.25, 0.3) is 0 Å². The molecule has 0 amide bonds. The minimum absolute atomic E-state index is 0.181. The van der Waals surface area contributed by atoms with Crippen LogP contribution in [0.4, 0.5) is 0 Å². The van der Waals surface area contributed by atoms with Gasteiger partial charge in [0.15, 0.2) is 0 Å². The Labute approximate surface area is 80.9 Å². The van der Waals surface area contributed by atoms with Crippen molar-refractivity contribution in [2.24, 2.45) is 5.73 Å². The maximum Gasteiger partial charge on any atom is 0.0700 e. The molecule has 0 aliphatic heterocycles. The lowest BCUT2D eigenvalue weighted by Crippen LogP contribution is -2.22. The molecule has 0 saturated heterocycles. The second-order valence-electron chi connectivity index (χ2n) is 3.32. The van der Waals surface area contributed by atoms with Gasteiger partial charge in [0, 0.05) is 19.8 Å². The van der Waals surface area contributed by atoms with Crippen LogP contribution in [0, 0.1) is 0 Å². The Morgan fingerprint density at radius 2 is 2.08 bits per heavy atom. The van der Waals surface area contributed by atoms with Gasteiger partial charge in [-0.05, 0) is 19.8 Å². The van der Waals surface area contributed by atoms with E-state index < -0.39 is 0 Å². The highest BCUT2D eigenvalue weighted by Crippen LogP contribution is 2.02. The van der Waals surface area contributed by atoms with Gasteiger partial charge in [-0.15, -0.1) is 6.58 Å². The van der Waals surface area contributed by atoms with Crippen LogP contribution in [-0.4, -0.2) is 33.0 Å². The van der Waals surface area contributed by atoms with Gasteiger partial charge in [0.05, 0.1) is 13.2 Å². The summed E-state index contributed by atoms with van der Waals surface area (Å²) in [5, 5.41) is 0. The molecule has 0 saturated carbocycles. The summed E-state index contributed by atoms with van der Waals surface area (Å²) >= 11 is 0. The lowest BCUT2D eigenvalue weighted by Gasteiger charge is -2.11. The van der Waals surface area contributed by atoms with E-state index in [-0.39, 0.29) is 6.04 Å².